The number of nitrogens with one attached hydrogen (secondary N) is 3. The summed E-state index contributed by atoms with van der Waals surface area (Å²) in [5, 5.41) is 9.25. The zero-order chi connectivity index (χ0) is 26.6. The van der Waals surface area contributed by atoms with Crippen molar-refractivity contribution in [3.05, 3.63) is 88.6 Å². The van der Waals surface area contributed by atoms with Crippen LogP contribution in [0.25, 0.3) is 0 Å². The van der Waals surface area contributed by atoms with Gasteiger partial charge in [0, 0.05) is 11.1 Å². The monoisotopic (exact) mass is 524 g/mol. The molecule has 2 aromatic carbocycles. The predicted octanol–water partition coefficient (Wildman–Crippen LogP) is 4.78. The topological polar surface area (TPSA) is 99.8 Å². The lowest BCUT2D eigenvalue weighted by atomic mass is 9.83. The van der Waals surface area contributed by atoms with Crippen LogP contribution in [-0.2, 0) is 20.7 Å². The van der Waals surface area contributed by atoms with E-state index in [0.29, 0.717) is 23.4 Å². The number of hydrogen-bond donors (Lipinski definition) is 3. The highest BCUT2D eigenvalue weighted by atomic mass is 32.1. The second kappa shape index (κ2) is 10.7. The van der Waals surface area contributed by atoms with E-state index in [1.165, 1.54) is 35.6 Å². The first kappa shape index (κ1) is 26.3. The second-order valence-electron chi connectivity index (χ2n) is 8.61. The largest absolute Gasteiger partial charge is 0.448 e. The van der Waals surface area contributed by atoms with Crippen LogP contribution in [0, 0.1) is 5.82 Å². The maximum Gasteiger partial charge on any atom is 0.429 e. The Bertz CT molecular complexity index is 1280. The molecule has 1 atom stereocenters. The van der Waals surface area contributed by atoms with Crippen LogP contribution in [0.2, 0.25) is 0 Å². The van der Waals surface area contributed by atoms with Gasteiger partial charge < -0.3 is 15.4 Å². The average Bonchev–Trinajstić information content (AvgIpc) is 3.51. The number of hydrazine groups is 1. The summed E-state index contributed by atoms with van der Waals surface area (Å²) in [6.07, 6.45) is 0.454. The summed E-state index contributed by atoms with van der Waals surface area (Å²) in [4.78, 5) is 40.4. The number of thiophene rings is 1. The molecule has 1 aliphatic rings. The molecule has 0 fully saturated rings. The van der Waals surface area contributed by atoms with Crippen LogP contribution in [0.3, 0.4) is 0 Å². The maximum atomic E-state index is 14.3. The second-order valence-corrected chi connectivity index (χ2v) is 9.50. The van der Waals surface area contributed by atoms with E-state index in [2.05, 4.69) is 16.1 Å². The van der Waals surface area contributed by atoms with Gasteiger partial charge in [0.15, 0.2) is 0 Å². The first-order valence-electron chi connectivity index (χ1n) is 12.1. The number of amides is 3. The van der Waals surface area contributed by atoms with E-state index in [0.717, 1.165) is 10.6 Å². The van der Waals surface area contributed by atoms with Crippen molar-refractivity contribution in [2.45, 2.75) is 44.8 Å². The molecule has 0 bridgehead atoms. The van der Waals surface area contributed by atoms with E-state index >= 15 is 0 Å². The summed E-state index contributed by atoms with van der Waals surface area (Å²) in [6, 6.07) is 16.3. The van der Waals surface area contributed by atoms with Gasteiger partial charge in [0.25, 0.3) is 11.8 Å². The van der Waals surface area contributed by atoms with Gasteiger partial charge in [0.2, 0.25) is 5.66 Å². The molecular formula is C27H29FN4O4S. The molecule has 1 unspecified atom stereocenters. The van der Waals surface area contributed by atoms with Gasteiger partial charge in [-0.25, -0.2) is 9.18 Å². The zero-order valence-electron chi connectivity index (χ0n) is 20.8. The molecule has 0 radical (unpaired) electrons. The molecule has 3 aromatic rings. The number of ether oxygens (including phenoxy) is 1. The molecule has 1 aliphatic heterocycles. The molecule has 0 saturated carbocycles. The summed E-state index contributed by atoms with van der Waals surface area (Å²) in [7, 11) is 0. The fraction of sp³-hybridized carbons (Fsp3) is 0.296. The normalized spacial score (nSPS) is 16.7. The van der Waals surface area contributed by atoms with Crippen molar-refractivity contribution >= 4 is 34.2 Å². The summed E-state index contributed by atoms with van der Waals surface area (Å²) in [5.74, 6) is -1.67. The summed E-state index contributed by atoms with van der Waals surface area (Å²) < 4.78 is 18.7. The van der Waals surface area contributed by atoms with Gasteiger partial charge in [-0.05, 0) is 61.0 Å². The minimum atomic E-state index is -1.84. The average molecular weight is 525 g/mol. The van der Waals surface area contributed by atoms with Crippen molar-refractivity contribution in [2.75, 3.05) is 11.6 Å². The highest BCUT2D eigenvalue weighted by molar-refractivity contribution is 7.14. The number of anilines is 1. The van der Waals surface area contributed by atoms with E-state index in [1.54, 1.807) is 18.4 Å². The molecule has 4 rings (SSSR count). The molecule has 0 saturated heterocycles. The van der Waals surface area contributed by atoms with E-state index in [1.807, 2.05) is 44.2 Å². The maximum absolute atomic E-state index is 14.3. The van der Waals surface area contributed by atoms with E-state index in [-0.39, 0.29) is 12.2 Å². The molecule has 3 amide bonds. The third kappa shape index (κ3) is 4.82. The van der Waals surface area contributed by atoms with Crippen molar-refractivity contribution in [3.8, 4) is 0 Å². The number of carbonyl (C=O) groups is 3. The molecule has 37 heavy (non-hydrogen) atoms. The lowest BCUT2D eigenvalue weighted by Gasteiger charge is -2.38. The molecule has 8 nitrogen and oxygen atoms in total. The third-order valence-electron chi connectivity index (χ3n) is 6.62. The van der Waals surface area contributed by atoms with Gasteiger partial charge in [-0.15, -0.1) is 11.3 Å². The number of nitrogens with zero attached hydrogens (tertiary/aromatic N) is 1. The van der Waals surface area contributed by atoms with Crippen LogP contribution in [0.15, 0.2) is 66.0 Å². The van der Waals surface area contributed by atoms with Gasteiger partial charge in [0.1, 0.15) is 10.8 Å². The summed E-state index contributed by atoms with van der Waals surface area (Å²) in [5.41, 5.74) is 1.82. The van der Waals surface area contributed by atoms with Crippen LogP contribution >= 0.6 is 11.3 Å². The zero-order valence-corrected chi connectivity index (χ0v) is 21.7. The molecule has 2 heterocycles. The first-order chi connectivity index (χ1) is 17.8. The van der Waals surface area contributed by atoms with Crippen molar-refractivity contribution < 1.29 is 23.5 Å². The van der Waals surface area contributed by atoms with E-state index in [9.17, 15) is 18.8 Å². The molecule has 3 N–H and O–H groups in total. The number of benzene rings is 2. The number of fused-ring (bicyclic) bond motifs is 1. The number of carbonyl (C=O) groups excluding carboxylic acids is 3. The predicted molar refractivity (Wildman–Crippen MR) is 139 cm³/mol. The Kier molecular flexibility index (Phi) is 7.60. The van der Waals surface area contributed by atoms with Gasteiger partial charge in [-0.1, -0.05) is 44.2 Å². The minimum absolute atomic E-state index is 0.127. The Morgan fingerprint density at radius 3 is 2.32 bits per heavy atom. The number of hydrogen-bond acceptors (Lipinski definition) is 6. The number of rotatable bonds is 8. The smallest absolute Gasteiger partial charge is 0.429 e. The Hall–Kier alpha value is -3.76. The standard InChI is InChI=1S/C27H29FN4O4S/c1-4-26(5-2,19-10-8-7-9-11-19)30-24(34)27(29-22(33)18-12-14-20(28)15-13-18)21-16-17-37-23(21)32(31-27)25(35)36-6-3/h7-17,31H,4-6H2,1-3H3,(H,29,33)(H,30,34). The fourth-order valence-electron chi connectivity index (χ4n) is 4.50. The van der Waals surface area contributed by atoms with Crippen LogP contribution in [0.1, 0.15) is 55.1 Å². The fourth-order valence-corrected chi connectivity index (χ4v) is 5.41. The molecular weight excluding hydrogens is 495 g/mol. The number of halogens is 1. The Morgan fingerprint density at radius 1 is 1.03 bits per heavy atom. The highest BCUT2D eigenvalue weighted by Crippen LogP contribution is 2.42. The Labute approximate surface area is 218 Å². The third-order valence-corrected chi connectivity index (χ3v) is 7.51. The summed E-state index contributed by atoms with van der Waals surface area (Å²) >= 11 is 1.23. The molecule has 0 aliphatic carbocycles. The lowest BCUT2D eigenvalue weighted by Crippen LogP contribution is -2.67. The first-order valence-corrected chi connectivity index (χ1v) is 13.0. The molecule has 10 heteroatoms. The van der Waals surface area contributed by atoms with Crippen LogP contribution in [0.5, 0.6) is 0 Å². The van der Waals surface area contributed by atoms with E-state index in [4.69, 9.17) is 4.74 Å². The van der Waals surface area contributed by atoms with Crippen LogP contribution < -0.4 is 21.1 Å². The molecule has 194 valence electrons. The SMILES string of the molecule is CCOC(=O)N1NC(NC(=O)c2ccc(F)cc2)(C(=O)NC(CC)(CC)c2ccccc2)c2ccsc21. The van der Waals surface area contributed by atoms with Gasteiger partial charge in [-0.2, -0.15) is 10.4 Å². The Morgan fingerprint density at radius 2 is 1.70 bits per heavy atom. The van der Waals surface area contributed by atoms with Crippen molar-refractivity contribution in [3.63, 3.8) is 0 Å². The van der Waals surface area contributed by atoms with Crippen LogP contribution in [-0.4, -0.2) is 24.5 Å². The highest BCUT2D eigenvalue weighted by Gasteiger charge is 2.54. The molecule has 0 spiro atoms. The quantitative estimate of drug-likeness (QED) is 0.394. The Balaban J connectivity index is 1.78. The van der Waals surface area contributed by atoms with Gasteiger partial charge in [0.05, 0.1) is 12.1 Å². The summed E-state index contributed by atoms with van der Waals surface area (Å²) in [6.45, 7) is 5.76. The van der Waals surface area contributed by atoms with Crippen molar-refractivity contribution in [1.82, 2.24) is 16.1 Å². The van der Waals surface area contributed by atoms with Crippen molar-refractivity contribution in [2.24, 2.45) is 0 Å². The van der Waals surface area contributed by atoms with Crippen LogP contribution in [0.4, 0.5) is 14.2 Å². The van der Waals surface area contributed by atoms with E-state index < -0.39 is 34.9 Å². The van der Waals surface area contributed by atoms with Crippen molar-refractivity contribution in [1.29, 1.82) is 0 Å². The van der Waals surface area contributed by atoms with Gasteiger partial charge in [-0.3, -0.25) is 9.59 Å². The minimum Gasteiger partial charge on any atom is -0.448 e. The lowest BCUT2D eigenvalue weighted by molar-refractivity contribution is -0.131. The molecule has 1 aromatic heterocycles. The van der Waals surface area contributed by atoms with Gasteiger partial charge >= 0.3 is 6.09 Å².